The maximum Gasteiger partial charge on any atom is 0.339 e. The number of carbonyl (C=O) groups is 1. The van der Waals surface area contributed by atoms with Gasteiger partial charge in [-0.3, -0.25) is 0 Å². The van der Waals surface area contributed by atoms with Gasteiger partial charge in [-0.2, -0.15) is 5.26 Å². The van der Waals surface area contributed by atoms with Gasteiger partial charge >= 0.3 is 5.97 Å². The lowest BCUT2D eigenvalue weighted by Crippen LogP contribution is -2.04. The molecule has 14 heavy (non-hydrogen) atoms. The Bertz CT molecular complexity index is 423. The van der Waals surface area contributed by atoms with Crippen molar-refractivity contribution in [2.45, 2.75) is 4.90 Å². The lowest BCUT2D eigenvalue weighted by Gasteiger charge is -2.04. The van der Waals surface area contributed by atoms with Crippen molar-refractivity contribution in [3.8, 4) is 11.8 Å². The van der Waals surface area contributed by atoms with Crippen LogP contribution in [0.15, 0.2) is 17.0 Å². The zero-order valence-corrected chi connectivity index (χ0v) is 8.21. The van der Waals surface area contributed by atoms with E-state index >= 15 is 0 Å². The van der Waals surface area contributed by atoms with E-state index in [9.17, 15) is 9.90 Å². The van der Waals surface area contributed by atoms with Gasteiger partial charge in [0.1, 0.15) is 11.8 Å². The predicted octanol–water partition coefficient (Wildman–Crippen LogP) is 1.34. The highest BCUT2D eigenvalue weighted by Crippen LogP contribution is 2.25. The van der Waals surface area contributed by atoms with Crippen molar-refractivity contribution in [3.63, 3.8) is 0 Å². The Morgan fingerprint density at radius 3 is 2.79 bits per heavy atom. The van der Waals surface area contributed by atoms with Crippen molar-refractivity contribution in [3.05, 3.63) is 23.3 Å². The summed E-state index contributed by atoms with van der Waals surface area (Å²) < 4.78 is 4.45. The van der Waals surface area contributed by atoms with Gasteiger partial charge in [-0.15, -0.1) is 12.6 Å². The fourth-order valence-electron chi connectivity index (χ4n) is 0.948. The van der Waals surface area contributed by atoms with Crippen molar-refractivity contribution in [1.29, 1.82) is 5.26 Å². The minimum atomic E-state index is -0.662. The van der Waals surface area contributed by atoms with Gasteiger partial charge in [0.05, 0.1) is 18.2 Å². The minimum absolute atomic E-state index is 0.0327. The summed E-state index contributed by atoms with van der Waals surface area (Å²) in [5.41, 5.74) is 0.157. The van der Waals surface area contributed by atoms with E-state index in [-0.39, 0.29) is 21.8 Å². The first kappa shape index (κ1) is 10.4. The highest BCUT2D eigenvalue weighted by atomic mass is 32.1. The monoisotopic (exact) mass is 209 g/mol. The average molecular weight is 209 g/mol. The van der Waals surface area contributed by atoms with Crippen LogP contribution in [0.2, 0.25) is 0 Å². The summed E-state index contributed by atoms with van der Waals surface area (Å²) in [5, 5.41) is 18.0. The number of ether oxygens (including phenoxy) is 1. The Morgan fingerprint density at radius 2 is 2.29 bits per heavy atom. The van der Waals surface area contributed by atoms with E-state index in [0.717, 1.165) is 6.07 Å². The van der Waals surface area contributed by atoms with E-state index in [2.05, 4.69) is 17.4 Å². The first-order valence-corrected chi connectivity index (χ1v) is 4.09. The standard InChI is InChI=1S/C9H7NO3S/c1-13-9(12)6-3-7(11)8(14)2-5(6)4-10/h2-3,11,14H,1H3. The molecule has 0 radical (unpaired) electrons. The van der Waals surface area contributed by atoms with Crippen LogP contribution in [0.1, 0.15) is 15.9 Å². The second kappa shape index (κ2) is 4.03. The van der Waals surface area contributed by atoms with Gasteiger partial charge in [-0.25, -0.2) is 4.79 Å². The lowest BCUT2D eigenvalue weighted by atomic mass is 10.1. The maximum atomic E-state index is 11.1. The highest BCUT2D eigenvalue weighted by molar-refractivity contribution is 7.80. The number of nitrogens with zero attached hydrogens (tertiary/aromatic N) is 1. The molecule has 0 unspecified atom stereocenters. The summed E-state index contributed by atoms with van der Waals surface area (Å²) in [4.78, 5) is 11.4. The van der Waals surface area contributed by atoms with Crippen LogP contribution < -0.4 is 0 Å². The van der Waals surface area contributed by atoms with E-state index < -0.39 is 5.97 Å². The van der Waals surface area contributed by atoms with Gasteiger partial charge in [-0.1, -0.05) is 0 Å². The molecule has 0 bridgehead atoms. The molecule has 1 aromatic rings. The number of nitriles is 1. The molecule has 0 amide bonds. The number of rotatable bonds is 1. The molecule has 1 aromatic carbocycles. The smallest absolute Gasteiger partial charge is 0.339 e. The molecule has 4 nitrogen and oxygen atoms in total. The third-order valence-corrected chi connectivity index (χ3v) is 2.00. The number of methoxy groups -OCH3 is 1. The Morgan fingerprint density at radius 1 is 1.64 bits per heavy atom. The highest BCUT2D eigenvalue weighted by Gasteiger charge is 2.14. The number of phenolic OH excluding ortho intramolecular Hbond substituents is 1. The van der Waals surface area contributed by atoms with Crippen molar-refractivity contribution in [2.75, 3.05) is 7.11 Å². The first-order valence-electron chi connectivity index (χ1n) is 3.64. The molecule has 0 aliphatic rings. The Kier molecular flexibility index (Phi) is 2.99. The molecule has 1 N–H and O–H groups in total. The Labute approximate surface area is 86.1 Å². The van der Waals surface area contributed by atoms with Crippen molar-refractivity contribution < 1.29 is 14.6 Å². The van der Waals surface area contributed by atoms with Gasteiger partial charge in [-0.05, 0) is 12.1 Å². The van der Waals surface area contributed by atoms with Gasteiger partial charge < -0.3 is 9.84 Å². The zero-order chi connectivity index (χ0) is 10.7. The average Bonchev–Trinajstić information content (AvgIpc) is 2.20. The van der Waals surface area contributed by atoms with Crippen molar-refractivity contribution >= 4 is 18.6 Å². The number of hydrogen-bond donors (Lipinski definition) is 2. The molecule has 0 fully saturated rings. The number of esters is 1. The number of benzene rings is 1. The van der Waals surface area contributed by atoms with Crippen LogP contribution in [0.5, 0.6) is 5.75 Å². The van der Waals surface area contributed by atoms with Gasteiger partial charge in [0.25, 0.3) is 0 Å². The topological polar surface area (TPSA) is 70.3 Å². The van der Waals surface area contributed by atoms with Gasteiger partial charge in [0.2, 0.25) is 0 Å². The largest absolute Gasteiger partial charge is 0.507 e. The maximum absolute atomic E-state index is 11.1. The van der Waals surface area contributed by atoms with Crippen molar-refractivity contribution in [2.24, 2.45) is 0 Å². The predicted molar refractivity (Wildman–Crippen MR) is 51.4 cm³/mol. The molecule has 0 atom stereocenters. The molecular weight excluding hydrogens is 202 g/mol. The summed E-state index contributed by atoms with van der Waals surface area (Å²) in [7, 11) is 1.20. The lowest BCUT2D eigenvalue weighted by molar-refractivity contribution is 0.0600. The van der Waals surface area contributed by atoms with Crippen LogP contribution in [-0.2, 0) is 4.74 Å². The third kappa shape index (κ3) is 1.80. The summed E-state index contributed by atoms with van der Waals surface area (Å²) in [6, 6.07) is 4.29. The van der Waals surface area contributed by atoms with Crippen molar-refractivity contribution in [1.82, 2.24) is 0 Å². The zero-order valence-electron chi connectivity index (χ0n) is 7.31. The number of phenols is 1. The van der Waals surface area contributed by atoms with Crippen LogP contribution in [0.4, 0.5) is 0 Å². The molecule has 0 heterocycles. The molecule has 72 valence electrons. The van der Waals surface area contributed by atoms with Crippen LogP contribution in [0.25, 0.3) is 0 Å². The summed E-state index contributed by atoms with van der Waals surface area (Å²) in [6.45, 7) is 0. The summed E-state index contributed by atoms with van der Waals surface area (Å²) in [5.74, 6) is -0.821. The molecule has 0 aromatic heterocycles. The SMILES string of the molecule is COC(=O)c1cc(O)c(S)cc1C#N. The van der Waals surface area contributed by atoms with Crippen LogP contribution in [0, 0.1) is 11.3 Å². The third-order valence-electron chi connectivity index (χ3n) is 1.64. The fraction of sp³-hybridized carbons (Fsp3) is 0.111. The van der Waals surface area contributed by atoms with Crippen LogP contribution in [0.3, 0.4) is 0 Å². The number of carbonyl (C=O) groups excluding carboxylic acids is 1. The van der Waals surface area contributed by atoms with E-state index in [0.29, 0.717) is 0 Å². The summed E-state index contributed by atoms with van der Waals surface area (Å²) in [6.07, 6.45) is 0. The molecule has 1 rings (SSSR count). The molecule has 5 heteroatoms. The van der Waals surface area contributed by atoms with Gasteiger partial charge in [0, 0.05) is 4.90 Å². The molecular formula is C9H7NO3S. The quantitative estimate of drug-likeness (QED) is 0.541. The second-order valence-corrected chi connectivity index (χ2v) is 2.97. The minimum Gasteiger partial charge on any atom is -0.507 e. The van der Waals surface area contributed by atoms with E-state index in [4.69, 9.17) is 5.26 Å². The normalized spacial score (nSPS) is 9.21. The first-order chi connectivity index (χ1) is 6.60. The van der Waals surface area contributed by atoms with E-state index in [1.807, 2.05) is 6.07 Å². The summed E-state index contributed by atoms with van der Waals surface area (Å²) >= 11 is 3.91. The molecule has 0 saturated heterocycles. The Hall–Kier alpha value is -1.67. The van der Waals surface area contributed by atoms with Crippen LogP contribution in [-0.4, -0.2) is 18.2 Å². The number of aromatic hydroxyl groups is 1. The Balaban J connectivity index is 3.36. The van der Waals surface area contributed by atoms with Crippen LogP contribution >= 0.6 is 12.6 Å². The fourth-order valence-corrected chi connectivity index (χ4v) is 1.14. The van der Waals surface area contributed by atoms with E-state index in [1.54, 1.807) is 0 Å². The molecule has 0 spiro atoms. The molecule has 0 aliphatic heterocycles. The number of thiol groups is 1. The second-order valence-electron chi connectivity index (χ2n) is 2.49. The number of hydrogen-bond acceptors (Lipinski definition) is 5. The van der Waals surface area contributed by atoms with E-state index in [1.165, 1.54) is 13.2 Å². The van der Waals surface area contributed by atoms with Gasteiger partial charge in [0.15, 0.2) is 0 Å². The molecule has 0 aliphatic carbocycles. The molecule has 0 saturated carbocycles.